The van der Waals surface area contributed by atoms with Gasteiger partial charge in [-0.15, -0.1) is 11.3 Å². The zero-order chi connectivity index (χ0) is 10.3. The molecule has 0 radical (unpaired) electrons. The molecular weight excluding hydrogens is 313 g/mol. The summed E-state index contributed by atoms with van der Waals surface area (Å²) in [4.78, 5) is 10.9. The lowest BCUT2D eigenvalue weighted by Crippen LogP contribution is -1.98. The van der Waals surface area contributed by atoms with E-state index in [9.17, 15) is 4.79 Å². The highest BCUT2D eigenvalue weighted by atomic mass is 127. The summed E-state index contributed by atoms with van der Waals surface area (Å²) in [7, 11) is 0. The van der Waals surface area contributed by atoms with Crippen LogP contribution in [0.3, 0.4) is 0 Å². The quantitative estimate of drug-likeness (QED) is 0.795. The Morgan fingerprint density at radius 3 is 2.86 bits per heavy atom. The third kappa shape index (κ3) is 1.46. The largest absolute Gasteiger partial charge is 0.478 e. The van der Waals surface area contributed by atoms with Gasteiger partial charge in [0.15, 0.2) is 0 Å². The Hall–Kier alpha value is -0.820. The van der Waals surface area contributed by atoms with Gasteiger partial charge in [0.25, 0.3) is 0 Å². The number of nitrogen functional groups attached to an aromatic ring is 1. The fraction of sp³-hybridized carbons (Fsp3) is 0. The number of nitrogens with two attached hydrogens (primary N) is 1. The van der Waals surface area contributed by atoms with Crippen LogP contribution in [-0.2, 0) is 0 Å². The van der Waals surface area contributed by atoms with Gasteiger partial charge in [-0.3, -0.25) is 0 Å². The molecule has 72 valence electrons. The molecule has 2 rings (SSSR count). The van der Waals surface area contributed by atoms with E-state index >= 15 is 0 Å². The van der Waals surface area contributed by atoms with Crippen LogP contribution in [-0.4, -0.2) is 11.1 Å². The molecule has 0 spiro atoms. The van der Waals surface area contributed by atoms with Gasteiger partial charge in [0.1, 0.15) is 10.6 Å². The second-order valence-corrected chi connectivity index (χ2v) is 5.12. The molecule has 0 unspecified atom stereocenters. The first-order valence-corrected chi connectivity index (χ1v) is 5.70. The van der Waals surface area contributed by atoms with E-state index in [0.29, 0.717) is 5.00 Å². The number of thiophene rings is 1. The lowest BCUT2D eigenvalue weighted by atomic mass is 10.2. The normalized spacial score (nSPS) is 10.6. The third-order valence-corrected chi connectivity index (χ3v) is 3.56. The molecule has 0 amide bonds. The van der Waals surface area contributed by atoms with Crippen molar-refractivity contribution in [1.82, 2.24) is 0 Å². The molecule has 0 bridgehead atoms. The van der Waals surface area contributed by atoms with E-state index in [2.05, 4.69) is 22.6 Å². The van der Waals surface area contributed by atoms with Crippen molar-refractivity contribution < 1.29 is 9.90 Å². The number of anilines is 1. The molecule has 14 heavy (non-hydrogen) atoms. The van der Waals surface area contributed by atoms with E-state index in [0.717, 1.165) is 13.7 Å². The van der Waals surface area contributed by atoms with Crippen molar-refractivity contribution in [1.29, 1.82) is 0 Å². The molecule has 0 saturated heterocycles. The molecule has 0 aliphatic heterocycles. The van der Waals surface area contributed by atoms with E-state index in [4.69, 9.17) is 10.8 Å². The summed E-state index contributed by atoms with van der Waals surface area (Å²) >= 11 is 3.46. The molecule has 0 atom stereocenters. The summed E-state index contributed by atoms with van der Waals surface area (Å²) in [5, 5.41) is 10.1. The number of carboxylic acid groups (broad SMARTS) is 1. The van der Waals surface area contributed by atoms with Gasteiger partial charge in [0, 0.05) is 13.7 Å². The molecule has 1 aromatic carbocycles. The van der Waals surface area contributed by atoms with E-state index in [1.54, 1.807) is 0 Å². The summed E-state index contributed by atoms with van der Waals surface area (Å²) in [6, 6.07) is 5.67. The minimum Gasteiger partial charge on any atom is -0.478 e. The molecule has 3 N–H and O–H groups in total. The van der Waals surface area contributed by atoms with Gasteiger partial charge in [0.05, 0.1) is 0 Å². The summed E-state index contributed by atoms with van der Waals surface area (Å²) in [6.07, 6.45) is 0. The Kier molecular flexibility index (Phi) is 2.36. The van der Waals surface area contributed by atoms with Gasteiger partial charge in [-0.05, 0) is 40.8 Å². The minimum atomic E-state index is -0.962. The van der Waals surface area contributed by atoms with Gasteiger partial charge in [-0.25, -0.2) is 4.79 Å². The van der Waals surface area contributed by atoms with Crippen LogP contribution in [0, 0.1) is 3.57 Å². The summed E-state index contributed by atoms with van der Waals surface area (Å²) in [6.45, 7) is 0. The molecule has 0 aliphatic carbocycles. The average Bonchev–Trinajstić information content (AvgIpc) is 2.40. The Labute approximate surface area is 97.7 Å². The van der Waals surface area contributed by atoms with Crippen LogP contribution < -0.4 is 5.73 Å². The lowest BCUT2D eigenvalue weighted by molar-refractivity contribution is 0.0700. The number of benzene rings is 1. The number of carboxylic acids is 1. The Bertz CT molecular complexity index is 521. The first-order valence-electron chi connectivity index (χ1n) is 3.80. The van der Waals surface area contributed by atoms with E-state index in [1.807, 2.05) is 18.2 Å². The molecule has 0 aliphatic rings. The second kappa shape index (κ2) is 3.39. The molecule has 2 aromatic rings. The zero-order valence-corrected chi connectivity index (χ0v) is 9.93. The maximum atomic E-state index is 10.9. The number of fused-ring (bicyclic) bond motifs is 1. The van der Waals surface area contributed by atoms with Crippen molar-refractivity contribution >= 4 is 55.0 Å². The Balaban J connectivity index is 2.86. The fourth-order valence-corrected chi connectivity index (χ4v) is 2.74. The second-order valence-electron chi connectivity index (χ2n) is 2.79. The maximum absolute atomic E-state index is 10.9. The molecule has 1 heterocycles. The number of aromatic carboxylic acids is 1. The summed E-state index contributed by atoms with van der Waals surface area (Å²) in [5.74, 6) is -0.962. The summed E-state index contributed by atoms with van der Waals surface area (Å²) < 4.78 is 1.93. The highest BCUT2D eigenvalue weighted by molar-refractivity contribution is 14.1. The van der Waals surface area contributed by atoms with Crippen LogP contribution in [0.25, 0.3) is 10.1 Å². The van der Waals surface area contributed by atoms with Crippen molar-refractivity contribution in [3.63, 3.8) is 0 Å². The molecule has 3 nitrogen and oxygen atoms in total. The first-order chi connectivity index (χ1) is 6.59. The third-order valence-electron chi connectivity index (χ3n) is 1.89. The monoisotopic (exact) mass is 319 g/mol. The van der Waals surface area contributed by atoms with E-state index < -0.39 is 5.97 Å². The zero-order valence-electron chi connectivity index (χ0n) is 6.95. The van der Waals surface area contributed by atoms with Gasteiger partial charge < -0.3 is 10.8 Å². The molecule has 0 fully saturated rings. The highest BCUT2D eigenvalue weighted by Gasteiger charge is 2.15. The van der Waals surface area contributed by atoms with E-state index in [-0.39, 0.29) is 5.56 Å². The smallest absolute Gasteiger partial charge is 0.339 e. The average molecular weight is 319 g/mol. The van der Waals surface area contributed by atoms with Crippen molar-refractivity contribution in [2.24, 2.45) is 0 Å². The maximum Gasteiger partial charge on any atom is 0.339 e. The van der Waals surface area contributed by atoms with Gasteiger partial charge in [-0.1, -0.05) is 0 Å². The van der Waals surface area contributed by atoms with Crippen molar-refractivity contribution in [2.45, 2.75) is 0 Å². The van der Waals surface area contributed by atoms with Crippen molar-refractivity contribution in [3.8, 4) is 0 Å². The van der Waals surface area contributed by atoms with Gasteiger partial charge in [0.2, 0.25) is 0 Å². The highest BCUT2D eigenvalue weighted by Crippen LogP contribution is 2.34. The number of rotatable bonds is 1. The van der Waals surface area contributed by atoms with Crippen LogP contribution >= 0.6 is 33.9 Å². The standard InChI is InChI=1S/C9H6INO2S/c10-4-1-2-6-5(3-4)7(9(12)13)8(11)14-6/h1-3H,11H2,(H,12,13). The van der Waals surface area contributed by atoms with E-state index in [1.165, 1.54) is 11.3 Å². The van der Waals surface area contributed by atoms with Crippen LogP contribution in [0.1, 0.15) is 10.4 Å². The molecule has 1 aromatic heterocycles. The Morgan fingerprint density at radius 1 is 1.50 bits per heavy atom. The first kappa shape index (κ1) is 9.72. The van der Waals surface area contributed by atoms with Gasteiger partial charge >= 0.3 is 5.97 Å². The number of hydrogen-bond donors (Lipinski definition) is 2. The van der Waals surface area contributed by atoms with Crippen molar-refractivity contribution in [2.75, 3.05) is 5.73 Å². The lowest BCUT2D eigenvalue weighted by Gasteiger charge is -1.94. The predicted octanol–water partition coefficient (Wildman–Crippen LogP) is 2.79. The molecule has 5 heteroatoms. The number of halogens is 1. The van der Waals surface area contributed by atoms with Crippen LogP contribution in [0.4, 0.5) is 5.00 Å². The van der Waals surface area contributed by atoms with Crippen LogP contribution in [0.15, 0.2) is 18.2 Å². The SMILES string of the molecule is Nc1sc2ccc(I)cc2c1C(=O)O. The topological polar surface area (TPSA) is 63.3 Å². The predicted molar refractivity (Wildman–Crippen MR) is 65.9 cm³/mol. The van der Waals surface area contributed by atoms with Crippen LogP contribution in [0.5, 0.6) is 0 Å². The Morgan fingerprint density at radius 2 is 2.21 bits per heavy atom. The number of carbonyl (C=O) groups is 1. The fourth-order valence-electron chi connectivity index (χ4n) is 1.31. The summed E-state index contributed by atoms with van der Waals surface area (Å²) in [5.41, 5.74) is 5.87. The van der Waals surface area contributed by atoms with Crippen LogP contribution in [0.2, 0.25) is 0 Å². The number of hydrogen-bond acceptors (Lipinski definition) is 3. The van der Waals surface area contributed by atoms with Crippen molar-refractivity contribution in [3.05, 3.63) is 27.3 Å². The molecule has 0 saturated carbocycles. The molecular formula is C9H6INO2S. The minimum absolute atomic E-state index is 0.225. The van der Waals surface area contributed by atoms with Gasteiger partial charge in [-0.2, -0.15) is 0 Å².